The number of alkyl halides is 3. The van der Waals surface area contributed by atoms with E-state index in [4.69, 9.17) is 11.6 Å². The Labute approximate surface area is 157 Å². The molecule has 0 N–H and O–H groups in total. The minimum absolute atomic E-state index is 0.270. The zero-order valence-corrected chi connectivity index (χ0v) is 16.0. The summed E-state index contributed by atoms with van der Waals surface area (Å²) in [5, 5.41) is -1.03. The summed E-state index contributed by atoms with van der Waals surface area (Å²) < 4.78 is 38.7. The van der Waals surface area contributed by atoms with Gasteiger partial charge in [-0.2, -0.15) is 13.2 Å². The fourth-order valence-electron chi connectivity index (χ4n) is 4.28. The quantitative estimate of drug-likeness (QED) is 0.527. The number of rotatable bonds is 3. The van der Waals surface area contributed by atoms with E-state index in [0.29, 0.717) is 0 Å². The van der Waals surface area contributed by atoms with Gasteiger partial charge in [-0.15, -0.1) is 0 Å². The largest absolute Gasteiger partial charge is 0.426 e. The maximum atomic E-state index is 12.9. The maximum absolute atomic E-state index is 12.9. The second-order valence-corrected chi connectivity index (χ2v) is 8.17. The van der Waals surface area contributed by atoms with Crippen molar-refractivity contribution in [2.45, 2.75) is 39.3 Å². The number of benzene rings is 2. The Balaban J connectivity index is 2.07. The average Bonchev–Trinajstić information content (AvgIpc) is 3.00. The molecule has 2 aromatic rings. The highest BCUT2D eigenvalue weighted by Gasteiger charge is 2.68. The first-order valence-electron chi connectivity index (χ1n) is 8.61. The molecule has 0 heterocycles. The van der Waals surface area contributed by atoms with Gasteiger partial charge in [-0.25, -0.2) is 0 Å². The summed E-state index contributed by atoms with van der Waals surface area (Å²) in [6.07, 6.45) is -3.31. The van der Waals surface area contributed by atoms with Crippen LogP contribution >= 0.6 is 11.6 Å². The third kappa shape index (κ3) is 2.87. The second-order valence-electron chi connectivity index (χ2n) is 7.76. The van der Waals surface area contributed by atoms with E-state index in [1.54, 1.807) is 0 Å². The average molecular weight is 379 g/mol. The minimum atomic E-state index is -4.50. The summed E-state index contributed by atoms with van der Waals surface area (Å²) in [5.74, 6) is -0.270. The summed E-state index contributed by atoms with van der Waals surface area (Å²) >= 11 is 5.54. The molecule has 138 valence electrons. The molecule has 1 fully saturated rings. The Kier molecular flexibility index (Phi) is 4.51. The van der Waals surface area contributed by atoms with E-state index in [0.717, 1.165) is 22.3 Å². The van der Waals surface area contributed by atoms with Crippen LogP contribution in [0.4, 0.5) is 13.2 Å². The van der Waals surface area contributed by atoms with Crippen LogP contribution in [0.25, 0.3) is 11.1 Å². The molecular formula is C22H22ClF3. The lowest BCUT2D eigenvalue weighted by atomic mass is 9.83. The van der Waals surface area contributed by atoms with Crippen molar-refractivity contribution >= 4 is 11.6 Å². The van der Waals surface area contributed by atoms with Crippen LogP contribution in [0, 0.1) is 18.3 Å². The minimum Gasteiger partial charge on any atom is -0.165 e. The Morgan fingerprint density at radius 2 is 1.62 bits per heavy atom. The molecule has 2 aromatic carbocycles. The van der Waals surface area contributed by atoms with E-state index in [-0.39, 0.29) is 11.3 Å². The van der Waals surface area contributed by atoms with Crippen molar-refractivity contribution < 1.29 is 13.2 Å². The van der Waals surface area contributed by atoms with E-state index in [2.05, 4.69) is 6.07 Å². The van der Waals surface area contributed by atoms with E-state index in [9.17, 15) is 13.2 Å². The molecule has 0 radical (unpaired) electrons. The zero-order valence-electron chi connectivity index (χ0n) is 15.3. The van der Waals surface area contributed by atoms with Crippen molar-refractivity contribution in [2.24, 2.45) is 11.3 Å². The van der Waals surface area contributed by atoms with Gasteiger partial charge >= 0.3 is 6.18 Å². The van der Waals surface area contributed by atoms with E-state index < -0.39 is 16.6 Å². The van der Waals surface area contributed by atoms with Crippen LogP contribution in [0.5, 0.6) is 0 Å². The van der Waals surface area contributed by atoms with Crippen LogP contribution < -0.4 is 0 Å². The molecule has 0 aliphatic heterocycles. The van der Waals surface area contributed by atoms with Crippen LogP contribution in [-0.4, -0.2) is 6.18 Å². The second kappa shape index (κ2) is 6.16. The molecule has 2 atom stereocenters. The van der Waals surface area contributed by atoms with Gasteiger partial charge in [-0.1, -0.05) is 87.0 Å². The lowest BCUT2D eigenvalue weighted by Gasteiger charge is -2.20. The first-order chi connectivity index (χ1) is 12.0. The standard InChI is InChI=1S/C22H22ClF3/c1-14-16(15-9-6-5-7-10-15)11-8-12-17(14)21(4)18(20(21,2)3)13-19(23)22(24,25)26/h5-13,18H,1-4H3/b19-13-/t18-,21-/m0/s1. The van der Waals surface area contributed by atoms with Crippen LogP contribution in [-0.2, 0) is 5.41 Å². The van der Waals surface area contributed by atoms with Crippen molar-refractivity contribution in [1.82, 2.24) is 0 Å². The molecular weight excluding hydrogens is 357 g/mol. The van der Waals surface area contributed by atoms with Crippen molar-refractivity contribution in [2.75, 3.05) is 0 Å². The Hall–Kier alpha value is -1.74. The smallest absolute Gasteiger partial charge is 0.165 e. The molecule has 1 saturated carbocycles. The highest BCUT2D eigenvalue weighted by atomic mass is 35.5. The van der Waals surface area contributed by atoms with E-state index in [1.807, 2.05) is 70.2 Å². The molecule has 0 saturated heterocycles. The number of allylic oxidation sites excluding steroid dienone is 2. The van der Waals surface area contributed by atoms with Gasteiger partial charge in [0.1, 0.15) is 5.03 Å². The highest BCUT2D eigenvalue weighted by molar-refractivity contribution is 6.30. The van der Waals surface area contributed by atoms with Crippen LogP contribution in [0.1, 0.15) is 31.9 Å². The molecule has 0 bridgehead atoms. The third-order valence-corrected chi connectivity index (χ3v) is 6.56. The maximum Gasteiger partial charge on any atom is 0.426 e. The molecule has 0 spiro atoms. The Bertz CT molecular complexity index is 849. The van der Waals surface area contributed by atoms with Gasteiger partial charge in [-0.3, -0.25) is 0 Å². The molecule has 0 nitrogen and oxygen atoms in total. The molecule has 1 aliphatic rings. The van der Waals surface area contributed by atoms with Crippen LogP contribution in [0.2, 0.25) is 0 Å². The Morgan fingerprint density at radius 3 is 2.19 bits per heavy atom. The fourth-order valence-corrected chi connectivity index (χ4v) is 4.41. The van der Waals surface area contributed by atoms with Gasteiger partial charge in [0, 0.05) is 5.41 Å². The van der Waals surface area contributed by atoms with Gasteiger partial charge in [0.15, 0.2) is 0 Å². The summed E-state index contributed by atoms with van der Waals surface area (Å²) in [7, 11) is 0. The topological polar surface area (TPSA) is 0 Å². The SMILES string of the molecule is Cc1c(-c2ccccc2)cccc1[C@@]1(C)[C@@H](/C=C(\Cl)C(F)(F)F)C1(C)C. The fraction of sp³-hybridized carbons (Fsp3) is 0.364. The third-order valence-electron chi connectivity index (χ3n) is 6.22. The van der Waals surface area contributed by atoms with Gasteiger partial charge in [-0.05, 0) is 40.5 Å². The summed E-state index contributed by atoms with van der Waals surface area (Å²) in [6.45, 7) is 8.09. The van der Waals surface area contributed by atoms with Gasteiger partial charge in [0.05, 0.1) is 0 Å². The molecule has 26 heavy (non-hydrogen) atoms. The van der Waals surface area contributed by atoms with Gasteiger partial charge in [0.25, 0.3) is 0 Å². The monoisotopic (exact) mass is 378 g/mol. The van der Waals surface area contributed by atoms with E-state index in [1.165, 1.54) is 6.08 Å². The molecule has 4 heteroatoms. The summed E-state index contributed by atoms with van der Waals surface area (Å²) in [5.41, 5.74) is 3.70. The summed E-state index contributed by atoms with van der Waals surface area (Å²) in [4.78, 5) is 0. The highest BCUT2D eigenvalue weighted by Crippen LogP contribution is 2.71. The van der Waals surface area contributed by atoms with Gasteiger partial charge < -0.3 is 0 Å². The molecule has 0 aromatic heterocycles. The first-order valence-corrected chi connectivity index (χ1v) is 8.99. The van der Waals surface area contributed by atoms with Crippen molar-refractivity contribution in [3.05, 3.63) is 70.8 Å². The summed E-state index contributed by atoms with van der Waals surface area (Å²) in [6, 6.07) is 16.1. The normalized spacial score (nSPS) is 25.2. The molecule has 0 unspecified atom stereocenters. The zero-order chi connectivity index (χ0) is 19.3. The number of hydrogen-bond donors (Lipinski definition) is 0. The predicted molar refractivity (Wildman–Crippen MR) is 101 cm³/mol. The van der Waals surface area contributed by atoms with Crippen LogP contribution in [0.15, 0.2) is 59.6 Å². The van der Waals surface area contributed by atoms with E-state index >= 15 is 0 Å². The lowest BCUT2D eigenvalue weighted by Crippen LogP contribution is -2.12. The number of halogens is 4. The molecule has 1 aliphatic carbocycles. The molecule has 0 amide bonds. The Morgan fingerprint density at radius 1 is 1.00 bits per heavy atom. The van der Waals surface area contributed by atoms with Crippen molar-refractivity contribution in [1.29, 1.82) is 0 Å². The van der Waals surface area contributed by atoms with Crippen molar-refractivity contribution in [3.63, 3.8) is 0 Å². The van der Waals surface area contributed by atoms with Crippen molar-refractivity contribution in [3.8, 4) is 11.1 Å². The molecule has 3 rings (SSSR count). The van der Waals surface area contributed by atoms with Gasteiger partial charge in [0.2, 0.25) is 0 Å². The number of hydrogen-bond acceptors (Lipinski definition) is 0. The van der Waals surface area contributed by atoms with Crippen LogP contribution in [0.3, 0.4) is 0 Å². The predicted octanol–water partition coefficient (Wildman–Crippen LogP) is 7.26. The lowest BCUT2D eigenvalue weighted by molar-refractivity contribution is -0.0848. The first kappa shape index (κ1) is 19.0.